The van der Waals surface area contributed by atoms with Crippen molar-refractivity contribution in [3.8, 4) is 0 Å². The van der Waals surface area contributed by atoms with Crippen LogP contribution in [0, 0.1) is 0 Å². The van der Waals surface area contributed by atoms with E-state index in [1.165, 1.54) is 0 Å². The minimum atomic E-state index is -0.500. The van der Waals surface area contributed by atoms with Crippen molar-refractivity contribution in [1.29, 1.82) is 0 Å². The molecule has 0 unspecified atom stereocenters. The Bertz CT molecular complexity index is 1040. The molecule has 0 spiro atoms. The van der Waals surface area contributed by atoms with Crippen LogP contribution < -0.4 is 5.56 Å². The number of ether oxygens (including phenoxy) is 1. The summed E-state index contributed by atoms with van der Waals surface area (Å²) in [6, 6.07) is 4.83. The normalized spacial score (nSPS) is 13.1. The van der Waals surface area contributed by atoms with Crippen LogP contribution in [0.1, 0.15) is 41.8 Å². The highest BCUT2D eigenvalue weighted by Gasteiger charge is 2.18. The van der Waals surface area contributed by atoms with Crippen LogP contribution in [-0.4, -0.2) is 35.7 Å². The number of benzene rings is 1. The lowest BCUT2D eigenvalue weighted by Crippen LogP contribution is -2.21. The van der Waals surface area contributed by atoms with E-state index in [9.17, 15) is 9.59 Å². The molecule has 1 aromatic carbocycles. The molecule has 3 heterocycles. The van der Waals surface area contributed by atoms with Crippen molar-refractivity contribution >= 4 is 16.9 Å². The quantitative estimate of drug-likeness (QED) is 0.632. The largest absolute Gasteiger partial charge is 0.454 e. The first-order valence-electron chi connectivity index (χ1n) is 8.63. The van der Waals surface area contributed by atoms with Crippen molar-refractivity contribution in [1.82, 2.24) is 29.8 Å². The van der Waals surface area contributed by atoms with Gasteiger partial charge in [-0.05, 0) is 41.5 Å². The fourth-order valence-corrected chi connectivity index (χ4v) is 3.14. The molecular formula is C17H18N6O3. The average Bonchev–Trinajstić information content (AvgIpc) is 3.29. The number of carbonyl (C=O) groups excluding carboxylic acids is 1. The summed E-state index contributed by atoms with van der Waals surface area (Å²) in [4.78, 5) is 29.4. The van der Waals surface area contributed by atoms with E-state index in [-0.39, 0.29) is 12.2 Å². The number of tetrazole rings is 1. The molecule has 0 saturated heterocycles. The zero-order valence-electron chi connectivity index (χ0n) is 14.4. The highest BCUT2D eigenvalue weighted by atomic mass is 16.5. The van der Waals surface area contributed by atoms with E-state index in [0.717, 1.165) is 25.1 Å². The first-order valence-corrected chi connectivity index (χ1v) is 8.63. The summed E-state index contributed by atoms with van der Waals surface area (Å²) in [6.07, 6.45) is 2.57. The van der Waals surface area contributed by atoms with Gasteiger partial charge < -0.3 is 4.74 Å². The molecule has 0 fully saturated rings. The molecule has 9 nitrogen and oxygen atoms in total. The smallest absolute Gasteiger partial charge is 0.338 e. The summed E-state index contributed by atoms with van der Waals surface area (Å²) in [6.45, 7) is 3.37. The van der Waals surface area contributed by atoms with Crippen molar-refractivity contribution < 1.29 is 9.53 Å². The number of nitrogens with zero attached hydrogens (tertiary/aromatic N) is 6. The van der Waals surface area contributed by atoms with Crippen molar-refractivity contribution in [2.24, 2.45) is 0 Å². The van der Waals surface area contributed by atoms with Gasteiger partial charge in [-0.3, -0.25) is 9.36 Å². The van der Waals surface area contributed by atoms with E-state index < -0.39 is 5.97 Å². The molecule has 134 valence electrons. The van der Waals surface area contributed by atoms with Crippen molar-refractivity contribution in [3.63, 3.8) is 0 Å². The number of rotatable bonds is 5. The fourth-order valence-electron chi connectivity index (χ4n) is 3.14. The third-order valence-electron chi connectivity index (χ3n) is 4.43. The van der Waals surface area contributed by atoms with Crippen molar-refractivity contribution in [2.45, 2.75) is 45.9 Å². The van der Waals surface area contributed by atoms with Crippen LogP contribution in [0.3, 0.4) is 0 Å². The van der Waals surface area contributed by atoms with Crippen molar-refractivity contribution in [2.75, 3.05) is 0 Å². The Hall–Kier alpha value is -3.10. The molecule has 0 bridgehead atoms. The molecule has 9 heteroatoms. The minimum Gasteiger partial charge on any atom is -0.454 e. The number of carbonyl (C=O) groups is 1. The molecular weight excluding hydrogens is 336 g/mol. The van der Waals surface area contributed by atoms with Gasteiger partial charge in [0.2, 0.25) is 0 Å². The van der Waals surface area contributed by atoms with Gasteiger partial charge in [-0.25, -0.2) is 14.5 Å². The number of fused-ring (bicyclic) bond motifs is 2. The molecule has 0 amide bonds. The van der Waals surface area contributed by atoms with Crippen LogP contribution >= 0.6 is 0 Å². The van der Waals surface area contributed by atoms with Crippen LogP contribution in [0.5, 0.6) is 0 Å². The van der Waals surface area contributed by atoms with Gasteiger partial charge in [0.05, 0.1) is 16.5 Å². The second-order valence-electron chi connectivity index (χ2n) is 6.21. The second-order valence-corrected chi connectivity index (χ2v) is 6.21. The average molecular weight is 354 g/mol. The lowest BCUT2D eigenvalue weighted by molar-refractivity contribution is 0.0456. The summed E-state index contributed by atoms with van der Waals surface area (Å²) in [7, 11) is 0. The third kappa shape index (κ3) is 2.85. The third-order valence-corrected chi connectivity index (χ3v) is 4.43. The number of hydrogen-bond donors (Lipinski definition) is 0. The summed E-state index contributed by atoms with van der Waals surface area (Å²) < 4.78 is 8.63. The Morgan fingerprint density at radius 2 is 2.23 bits per heavy atom. The molecule has 4 rings (SSSR count). The van der Waals surface area contributed by atoms with Gasteiger partial charge in [-0.1, -0.05) is 6.92 Å². The van der Waals surface area contributed by atoms with E-state index in [0.29, 0.717) is 35.4 Å². The highest BCUT2D eigenvalue weighted by Crippen LogP contribution is 2.17. The van der Waals surface area contributed by atoms with E-state index in [1.54, 1.807) is 27.4 Å². The molecule has 0 radical (unpaired) electrons. The zero-order valence-corrected chi connectivity index (χ0v) is 14.4. The first-order chi connectivity index (χ1) is 12.7. The lowest BCUT2D eigenvalue weighted by Gasteiger charge is -2.07. The molecule has 26 heavy (non-hydrogen) atoms. The van der Waals surface area contributed by atoms with Gasteiger partial charge in [0, 0.05) is 19.5 Å². The van der Waals surface area contributed by atoms with E-state index >= 15 is 0 Å². The molecule has 0 N–H and O–H groups in total. The Morgan fingerprint density at radius 1 is 1.35 bits per heavy atom. The van der Waals surface area contributed by atoms with Gasteiger partial charge in [0.15, 0.2) is 12.4 Å². The molecule has 1 aliphatic rings. The maximum Gasteiger partial charge on any atom is 0.338 e. The monoisotopic (exact) mass is 354 g/mol. The number of hydrogen-bond acceptors (Lipinski definition) is 7. The van der Waals surface area contributed by atoms with E-state index in [4.69, 9.17) is 4.74 Å². The van der Waals surface area contributed by atoms with E-state index in [2.05, 4.69) is 20.5 Å². The van der Waals surface area contributed by atoms with Gasteiger partial charge in [0.1, 0.15) is 5.82 Å². The lowest BCUT2D eigenvalue weighted by atomic mass is 10.1. The predicted molar refractivity (Wildman–Crippen MR) is 91.6 cm³/mol. The Balaban J connectivity index is 1.56. The maximum atomic E-state index is 12.5. The molecule has 2 aromatic heterocycles. The van der Waals surface area contributed by atoms with Crippen LogP contribution in [0.2, 0.25) is 0 Å². The standard InChI is InChI=1S/C17H18N6O3/c1-2-7-23-15(19-20-21-23)10-26-17(25)11-5-6-12-13(9-11)18-14-4-3-8-22(14)16(12)24/h5-6,9H,2-4,7-8,10H2,1H3. The molecule has 3 aromatic rings. The molecule has 0 aliphatic carbocycles. The summed E-state index contributed by atoms with van der Waals surface area (Å²) in [5.74, 6) is 0.766. The fraction of sp³-hybridized carbons (Fsp3) is 0.412. The van der Waals surface area contributed by atoms with Crippen LogP contribution in [0.15, 0.2) is 23.0 Å². The highest BCUT2D eigenvalue weighted by molar-refractivity contribution is 5.94. The van der Waals surface area contributed by atoms with Crippen LogP contribution in [0.4, 0.5) is 0 Å². The Labute approximate surface area is 148 Å². The topological polar surface area (TPSA) is 105 Å². The SMILES string of the molecule is CCCn1nnnc1COC(=O)c1ccc2c(=O)n3c(nc2c1)CCC3. The van der Waals surface area contributed by atoms with Gasteiger partial charge in [-0.15, -0.1) is 5.10 Å². The Kier molecular flexibility index (Phi) is 4.19. The predicted octanol–water partition coefficient (Wildman–Crippen LogP) is 1.10. The molecule has 0 saturated carbocycles. The van der Waals surface area contributed by atoms with Crippen LogP contribution in [0.25, 0.3) is 10.9 Å². The van der Waals surface area contributed by atoms with Crippen molar-refractivity contribution in [3.05, 3.63) is 45.8 Å². The minimum absolute atomic E-state index is 0.00978. The van der Waals surface area contributed by atoms with E-state index in [1.807, 2.05) is 6.92 Å². The second kappa shape index (κ2) is 6.66. The Morgan fingerprint density at radius 3 is 3.08 bits per heavy atom. The summed E-state index contributed by atoms with van der Waals surface area (Å²) in [5, 5.41) is 11.8. The van der Waals surface area contributed by atoms with Gasteiger partial charge in [0.25, 0.3) is 5.56 Å². The molecule has 1 aliphatic heterocycles. The van der Waals surface area contributed by atoms with Gasteiger partial charge in [-0.2, -0.15) is 0 Å². The summed E-state index contributed by atoms with van der Waals surface area (Å²) >= 11 is 0. The van der Waals surface area contributed by atoms with Gasteiger partial charge >= 0.3 is 5.97 Å². The maximum absolute atomic E-state index is 12.5. The summed E-state index contributed by atoms with van der Waals surface area (Å²) in [5.41, 5.74) is 0.816. The number of esters is 1. The zero-order chi connectivity index (χ0) is 18.1. The number of aryl methyl sites for hydroxylation is 2. The number of aromatic nitrogens is 6. The van der Waals surface area contributed by atoms with Crippen LogP contribution in [-0.2, 0) is 30.9 Å². The first kappa shape index (κ1) is 16.4. The molecule has 0 atom stereocenters.